The summed E-state index contributed by atoms with van der Waals surface area (Å²) < 4.78 is 62.0. The van der Waals surface area contributed by atoms with Crippen molar-refractivity contribution in [1.29, 1.82) is 0 Å². The average Bonchev–Trinajstić information content (AvgIpc) is 3.03. The lowest BCUT2D eigenvalue weighted by Gasteiger charge is -2.56. The number of rotatable bonds is 6. The van der Waals surface area contributed by atoms with E-state index in [1.54, 1.807) is 0 Å². The highest BCUT2D eigenvalue weighted by Crippen LogP contribution is 2.64. The molecule has 0 aliphatic heterocycles. The number of halogens is 2. The Morgan fingerprint density at radius 1 is 1.09 bits per heavy atom. The van der Waals surface area contributed by atoms with Gasteiger partial charge in [0, 0.05) is 12.5 Å². The summed E-state index contributed by atoms with van der Waals surface area (Å²) >= 11 is 0. The molecule has 0 spiro atoms. The maximum Gasteiger partial charge on any atom is 0.302 e. The molecule has 3 fully saturated rings. The molecule has 3 aliphatic carbocycles. The standard InChI is InChI=1S/C24H38F2O5S/c1-15-8-10-23(3,17(12-15)13-30-16(2)27)20-9-11-24(4)19(6-7-21(24)22(25)26)18(20)14-31-32(5,28)29/h15,17-20H,6-14H2,1-5H3/t15-,17+,18-,19?,20?,23-,24-/m0/s1. The summed E-state index contributed by atoms with van der Waals surface area (Å²) in [6.07, 6.45) is 4.78. The van der Waals surface area contributed by atoms with Gasteiger partial charge in [-0.15, -0.1) is 0 Å². The van der Waals surface area contributed by atoms with Crippen LogP contribution in [-0.2, 0) is 23.8 Å². The highest BCUT2D eigenvalue weighted by molar-refractivity contribution is 7.85. The molecular formula is C24H38F2O5S. The Morgan fingerprint density at radius 3 is 2.38 bits per heavy atom. The summed E-state index contributed by atoms with van der Waals surface area (Å²) in [6.45, 7) is 8.14. The quantitative estimate of drug-likeness (QED) is 0.371. The summed E-state index contributed by atoms with van der Waals surface area (Å²) in [5, 5.41) is 0. The monoisotopic (exact) mass is 476 g/mol. The van der Waals surface area contributed by atoms with Gasteiger partial charge in [-0.2, -0.15) is 17.2 Å². The first kappa shape index (κ1) is 25.6. The number of fused-ring (bicyclic) bond motifs is 1. The number of allylic oxidation sites excluding steroid dienone is 1. The minimum absolute atomic E-state index is 0.0242. The lowest BCUT2D eigenvalue weighted by molar-refractivity contribution is -0.148. The van der Waals surface area contributed by atoms with Crippen molar-refractivity contribution in [3.63, 3.8) is 0 Å². The van der Waals surface area contributed by atoms with Gasteiger partial charge in [0.25, 0.3) is 16.2 Å². The molecule has 0 heterocycles. The van der Waals surface area contributed by atoms with Gasteiger partial charge in [-0.05, 0) is 78.9 Å². The predicted octanol–water partition coefficient (Wildman–Crippen LogP) is 5.56. The first-order valence-corrected chi connectivity index (χ1v) is 13.6. The van der Waals surface area contributed by atoms with Crippen molar-refractivity contribution < 1.29 is 30.9 Å². The zero-order chi connectivity index (χ0) is 23.9. The third kappa shape index (κ3) is 5.06. The van der Waals surface area contributed by atoms with E-state index in [9.17, 15) is 22.0 Å². The Balaban J connectivity index is 1.97. The Morgan fingerprint density at radius 2 is 1.78 bits per heavy atom. The number of carbonyl (C=O) groups excluding carboxylic acids is 1. The second-order valence-electron chi connectivity index (χ2n) is 11.0. The Hall–Kier alpha value is -1.02. The second-order valence-corrected chi connectivity index (χ2v) is 12.6. The third-order valence-electron chi connectivity index (χ3n) is 9.05. The number of hydrogen-bond donors (Lipinski definition) is 0. The van der Waals surface area contributed by atoms with E-state index in [0.717, 1.165) is 31.9 Å². The van der Waals surface area contributed by atoms with E-state index in [1.807, 2.05) is 6.92 Å². The van der Waals surface area contributed by atoms with E-state index in [2.05, 4.69) is 13.8 Å². The van der Waals surface area contributed by atoms with Crippen molar-refractivity contribution in [2.45, 2.75) is 72.6 Å². The van der Waals surface area contributed by atoms with Gasteiger partial charge in [0.1, 0.15) is 0 Å². The molecule has 2 unspecified atom stereocenters. The topological polar surface area (TPSA) is 69.7 Å². The van der Waals surface area contributed by atoms with Crippen LogP contribution in [0.2, 0.25) is 0 Å². The molecule has 3 rings (SSSR count). The van der Waals surface area contributed by atoms with E-state index < -0.39 is 21.6 Å². The Kier molecular flexibility index (Phi) is 7.46. The molecule has 32 heavy (non-hydrogen) atoms. The van der Waals surface area contributed by atoms with Gasteiger partial charge in [-0.25, -0.2) is 0 Å². The first-order chi connectivity index (χ1) is 14.8. The lowest BCUT2D eigenvalue weighted by Crippen LogP contribution is -2.52. The third-order valence-corrected chi connectivity index (χ3v) is 9.62. The van der Waals surface area contributed by atoms with Crippen LogP contribution in [0.15, 0.2) is 11.7 Å². The van der Waals surface area contributed by atoms with Crippen LogP contribution in [0.4, 0.5) is 8.78 Å². The fourth-order valence-electron chi connectivity index (χ4n) is 7.26. The van der Waals surface area contributed by atoms with Crippen molar-refractivity contribution in [3.8, 4) is 0 Å². The van der Waals surface area contributed by atoms with E-state index in [1.165, 1.54) is 6.92 Å². The molecule has 0 N–H and O–H groups in total. The zero-order valence-electron chi connectivity index (χ0n) is 20.0. The molecule has 0 aromatic carbocycles. The smallest absolute Gasteiger partial charge is 0.302 e. The van der Waals surface area contributed by atoms with Gasteiger partial charge in [0.2, 0.25) is 0 Å². The molecule has 7 atom stereocenters. The highest BCUT2D eigenvalue weighted by Gasteiger charge is 2.58. The van der Waals surface area contributed by atoms with Crippen LogP contribution in [0, 0.1) is 40.4 Å². The van der Waals surface area contributed by atoms with Gasteiger partial charge in [0.15, 0.2) is 0 Å². The minimum Gasteiger partial charge on any atom is -0.466 e. The zero-order valence-corrected chi connectivity index (χ0v) is 20.8. The van der Waals surface area contributed by atoms with Crippen molar-refractivity contribution in [1.82, 2.24) is 0 Å². The summed E-state index contributed by atoms with van der Waals surface area (Å²) in [7, 11) is -3.65. The number of ether oxygens (including phenoxy) is 1. The van der Waals surface area contributed by atoms with E-state index in [-0.39, 0.29) is 47.2 Å². The normalized spacial score (nSPS) is 40.1. The van der Waals surface area contributed by atoms with Gasteiger partial charge < -0.3 is 4.74 Å². The van der Waals surface area contributed by atoms with Gasteiger partial charge >= 0.3 is 5.97 Å². The fraction of sp³-hybridized carbons (Fsp3) is 0.875. The molecule has 184 valence electrons. The minimum atomic E-state index is -3.65. The molecular weight excluding hydrogens is 438 g/mol. The molecule has 0 aromatic rings. The SMILES string of the molecule is CC(=O)OC[C@H]1C[C@@H](C)CC[C@]1(C)C1CC[C@]2(C)C(=C(F)F)CCC2[C@@H]1COS(C)(=O)=O. The molecule has 3 saturated carbocycles. The first-order valence-electron chi connectivity index (χ1n) is 11.8. The summed E-state index contributed by atoms with van der Waals surface area (Å²) in [6, 6.07) is 0. The van der Waals surface area contributed by atoms with Crippen LogP contribution >= 0.6 is 0 Å². The molecule has 0 aromatic heterocycles. The van der Waals surface area contributed by atoms with Gasteiger partial charge in [-0.3, -0.25) is 8.98 Å². The summed E-state index contributed by atoms with van der Waals surface area (Å²) in [5.74, 6) is 0.299. The summed E-state index contributed by atoms with van der Waals surface area (Å²) in [4.78, 5) is 11.5. The van der Waals surface area contributed by atoms with Crippen LogP contribution in [0.25, 0.3) is 0 Å². The maximum absolute atomic E-state index is 13.8. The van der Waals surface area contributed by atoms with E-state index >= 15 is 0 Å². The average molecular weight is 477 g/mol. The Bertz CT molecular complexity index is 852. The Labute approximate surface area is 191 Å². The van der Waals surface area contributed by atoms with E-state index in [4.69, 9.17) is 8.92 Å². The molecule has 0 radical (unpaired) electrons. The van der Waals surface area contributed by atoms with Crippen molar-refractivity contribution >= 4 is 16.1 Å². The van der Waals surface area contributed by atoms with Crippen LogP contribution < -0.4 is 0 Å². The van der Waals surface area contributed by atoms with Crippen molar-refractivity contribution in [2.24, 2.45) is 40.4 Å². The van der Waals surface area contributed by atoms with Crippen LogP contribution in [0.5, 0.6) is 0 Å². The lowest BCUT2D eigenvalue weighted by atomic mass is 9.49. The molecule has 0 bridgehead atoms. The van der Waals surface area contributed by atoms with Crippen molar-refractivity contribution in [2.75, 3.05) is 19.5 Å². The van der Waals surface area contributed by atoms with Crippen molar-refractivity contribution in [3.05, 3.63) is 11.7 Å². The van der Waals surface area contributed by atoms with Crippen LogP contribution in [0.3, 0.4) is 0 Å². The molecule has 3 aliphatic rings. The van der Waals surface area contributed by atoms with Gasteiger partial charge in [-0.1, -0.05) is 27.2 Å². The van der Waals surface area contributed by atoms with Crippen LogP contribution in [0.1, 0.15) is 72.6 Å². The van der Waals surface area contributed by atoms with E-state index in [0.29, 0.717) is 31.8 Å². The highest BCUT2D eigenvalue weighted by atomic mass is 32.2. The molecule has 0 amide bonds. The predicted molar refractivity (Wildman–Crippen MR) is 118 cm³/mol. The number of carbonyl (C=O) groups is 1. The number of hydrogen-bond acceptors (Lipinski definition) is 5. The number of esters is 1. The molecule has 5 nitrogen and oxygen atoms in total. The maximum atomic E-state index is 13.8. The second kappa shape index (κ2) is 9.32. The molecule has 0 saturated heterocycles. The fourth-order valence-corrected chi connectivity index (χ4v) is 7.67. The van der Waals surface area contributed by atoms with Gasteiger partial charge in [0.05, 0.1) is 19.5 Å². The van der Waals surface area contributed by atoms with Crippen LogP contribution in [-0.4, -0.2) is 33.9 Å². The largest absolute Gasteiger partial charge is 0.466 e. The molecule has 8 heteroatoms. The summed E-state index contributed by atoms with van der Waals surface area (Å²) in [5.41, 5.74) is -0.552.